The van der Waals surface area contributed by atoms with Crippen LogP contribution in [0, 0.1) is 0 Å². The molecule has 17 heavy (non-hydrogen) atoms. The van der Waals surface area contributed by atoms with Gasteiger partial charge in [0.2, 0.25) is 0 Å². The summed E-state index contributed by atoms with van der Waals surface area (Å²) in [6, 6.07) is 8.68. The molecular formula is C14H21NOS. The largest absolute Gasteiger partial charge is 0.378 e. The first kappa shape index (κ1) is 14.1. The second-order valence-electron chi connectivity index (χ2n) is 4.36. The fourth-order valence-electron chi connectivity index (χ4n) is 1.61. The molecule has 1 aromatic rings. The third-order valence-corrected chi connectivity index (χ3v) is 3.52. The van der Waals surface area contributed by atoms with Gasteiger partial charge in [0.25, 0.3) is 0 Å². The zero-order valence-corrected chi connectivity index (χ0v) is 11.7. The highest BCUT2D eigenvalue weighted by molar-refractivity contribution is 8.13. The van der Waals surface area contributed by atoms with Crippen LogP contribution >= 0.6 is 11.8 Å². The van der Waals surface area contributed by atoms with Crippen molar-refractivity contribution in [2.75, 3.05) is 24.7 Å². The van der Waals surface area contributed by atoms with Gasteiger partial charge in [-0.1, -0.05) is 23.9 Å². The Morgan fingerprint density at radius 3 is 2.35 bits per heavy atom. The molecule has 0 saturated carbocycles. The number of hydrogen-bond donors (Lipinski definition) is 0. The van der Waals surface area contributed by atoms with Crippen molar-refractivity contribution in [1.82, 2.24) is 0 Å². The molecule has 1 aromatic carbocycles. The molecule has 0 radical (unpaired) electrons. The summed E-state index contributed by atoms with van der Waals surface area (Å²) >= 11 is 1.43. The first-order valence-corrected chi connectivity index (χ1v) is 6.98. The van der Waals surface area contributed by atoms with Crippen LogP contribution in [-0.4, -0.2) is 25.0 Å². The van der Waals surface area contributed by atoms with E-state index in [4.69, 9.17) is 0 Å². The van der Waals surface area contributed by atoms with Crippen LogP contribution in [0.25, 0.3) is 0 Å². The molecule has 1 rings (SSSR count). The van der Waals surface area contributed by atoms with Crippen LogP contribution in [0.4, 0.5) is 5.69 Å². The Labute approximate surface area is 108 Å². The summed E-state index contributed by atoms with van der Waals surface area (Å²) < 4.78 is 0. The zero-order chi connectivity index (χ0) is 12.7. The summed E-state index contributed by atoms with van der Waals surface area (Å²) in [5, 5.41) is 0.223. The second-order valence-corrected chi connectivity index (χ2v) is 5.63. The fraction of sp³-hybridized carbons (Fsp3) is 0.500. The highest BCUT2D eigenvalue weighted by Crippen LogP contribution is 2.14. The average molecular weight is 251 g/mol. The Morgan fingerprint density at radius 1 is 1.18 bits per heavy atom. The molecule has 0 unspecified atom stereocenters. The first-order chi connectivity index (χ1) is 8.09. The van der Waals surface area contributed by atoms with E-state index in [0.717, 1.165) is 25.0 Å². The SMILES string of the molecule is CC(=O)SCCCCc1ccc(N(C)C)cc1. The van der Waals surface area contributed by atoms with Gasteiger partial charge in [-0.05, 0) is 37.0 Å². The van der Waals surface area contributed by atoms with Crippen molar-refractivity contribution < 1.29 is 4.79 Å². The van der Waals surface area contributed by atoms with E-state index in [1.54, 1.807) is 6.92 Å². The van der Waals surface area contributed by atoms with Gasteiger partial charge in [-0.2, -0.15) is 0 Å². The van der Waals surface area contributed by atoms with Crippen LogP contribution in [0.15, 0.2) is 24.3 Å². The standard InChI is InChI=1S/C14H21NOS/c1-12(16)17-11-5-4-6-13-7-9-14(10-8-13)15(2)3/h7-10H,4-6,11H2,1-3H3. The minimum absolute atomic E-state index is 0.223. The van der Waals surface area contributed by atoms with Crippen LogP contribution in [0.1, 0.15) is 25.3 Å². The number of nitrogens with zero attached hydrogens (tertiary/aromatic N) is 1. The number of unbranched alkanes of at least 4 members (excludes halogenated alkanes) is 1. The average Bonchev–Trinajstić information content (AvgIpc) is 2.29. The smallest absolute Gasteiger partial charge is 0.185 e. The second kappa shape index (κ2) is 7.38. The maximum Gasteiger partial charge on any atom is 0.185 e. The zero-order valence-electron chi connectivity index (χ0n) is 10.9. The molecule has 0 fully saturated rings. The monoisotopic (exact) mass is 251 g/mol. The van der Waals surface area contributed by atoms with Gasteiger partial charge in [0.05, 0.1) is 0 Å². The van der Waals surface area contributed by atoms with E-state index < -0.39 is 0 Å². The Kier molecular flexibility index (Phi) is 6.12. The summed E-state index contributed by atoms with van der Waals surface area (Å²) in [5.41, 5.74) is 2.62. The maximum atomic E-state index is 10.7. The third-order valence-electron chi connectivity index (χ3n) is 2.62. The van der Waals surface area contributed by atoms with Gasteiger partial charge in [0.15, 0.2) is 5.12 Å². The van der Waals surface area contributed by atoms with Crippen molar-refractivity contribution in [2.45, 2.75) is 26.2 Å². The maximum absolute atomic E-state index is 10.7. The van der Waals surface area contributed by atoms with Gasteiger partial charge in [-0.25, -0.2) is 0 Å². The summed E-state index contributed by atoms with van der Waals surface area (Å²) in [4.78, 5) is 12.8. The lowest BCUT2D eigenvalue weighted by Crippen LogP contribution is -2.08. The van der Waals surface area contributed by atoms with Crippen LogP contribution in [0.5, 0.6) is 0 Å². The van der Waals surface area contributed by atoms with E-state index in [-0.39, 0.29) is 5.12 Å². The number of carbonyl (C=O) groups is 1. The molecule has 0 aromatic heterocycles. The fourth-order valence-corrected chi connectivity index (χ4v) is 2.24. The van der Waals surface area contributed by atoms with Crippen molar-refractivity contribution in [1.29, 1.82) is 0 Å². The van der Waals surface area contributed by atoms with Gasteiger partial charge in [-0.15, -0.1) is 0 Å². The molecule has 0 saturated heterocycles. The molecule has 94 valence electrons. The summed E-state index contributed by atoms with van der Waals surface area (Å²) in [7, 11) is 4.10. The van der Waals surface area contributed by atoms with Crippen molar-refractivity contribution in [3.05, 3.63) is 29.8 Å². The molecule has 0 amide bonds. The number of aryl methyl sites for hydroxylation is 1. The van der Waals surface area contributed by atoms with Crippen molar-refractivity contribution >= 4 is 22.6 Å². The number of thioether (sulfide) groups is 1. The van der Waals surface area contributed by atoms with E-state index >= 15 is 0 Å². The highest BCUT2D eigenvalue weighted by atomic mass is 32.2. The van der Waals surface area contributed by atoms with E-state index in [9.17, 15) is 4.79 Å². The molecule has 3 heteroatoms. The van der Waals surface area contributed by atoms with Gasteiger partial charge >= 0.3 is 0 Å². The van der Waals surface area contributed by atoms with Crippen molar-refractivity contribution in [3.8, 4) is 0 Å². The minimum atomic E-state index is 0.223. The summed E-state index contributed by atoms with van der Waals surface area (Å²) in [6.45, 7) is 1.63. The van der Waals surface area contributed by atoms with E-state index in [1.165, 1.54) is 23.0 Å². The van der Waals surface area contributed by atoms with Crippen LogP contribution in [0.2, 0.25) is 0 Å². The van der Waals surface area contributed by atoms with Crippen molar-refractivity contribution in [2.24, 2.45) is 0 Å². The normalized spacial score (nSPS) is 10.3. The number of benzene rings is 1. The van der Waals surface area contributed by atoms with E-state index in [0.29, 0.717) is 0 Å². The molecule has 0 bridgehead atoms. The van der Waals surface area contributed by atoms with Gasteiger partial charge in [0, 0.05) is 32.5 Å². The Morgan fingerprint density at radius 2 is 1.82 bits per heavy atom. The Balaban J connectivity index is 2.25. The molecule has 0 aliphatic carbocycles. The predicted molar refractivity (Wildman–Crippen MR) is 76.8 cm³/mol. The quantitative estimate of drug-likeness (QED) is 0.723. The van der Waals surface area contributed by atoms with Crippen LogP contribution < -0.4 is 4.90 Å². The lowest BCUT2D eigenvalue weighted by molar-refractivity contribution is -0.109. The van der Waals surface area contributed by atoms with Crippen LogP contribution in [-0.2, 0) is 11.2 Å². The summed E-state index contributed by atoms with van der Waals surface area (Å²) in [5.74, 6) is 0.950. The third kappa shape index (κ3) is 5.78. The Bertz CT molecular complexity index is 346. The highest BCUT2D eigenvalue weighted by Gasteiger charge is 1.98. The van der Waals surface area contributed by atoms with Gasteiger partial charge in [0.1, 0.15) is 0 Å². The van der Waals surface area contributed by atoms with E-state index in [1.807, 2.05) is 14.1 Å². The first-order valence-electron chi connectivity index (χ1n) is 5.99. The lowest BCUT2D eigenvalue weighted by atomic mass is 10.1. The van der Waals surface area contributed by atoms with Gasteiger partial charge < -0.3 is 4.90 Å². The molecule has 0 spiro atoms. The van der Waals surface area contributed by atoms with Gasteiger partial charge in [-0.3, -0.25) is 4.79 Å². The number of anilines is 1. The molecule has 0 atom stereocenters. The molecular weight excluding hydrogens is 230 g/mol. The summed E-state index contributed by atoms with van der Waals surface area (Å²) in [6.07, 6.45) is 3.37. The minimum Gasteiger partial charge on any atom is -0.378 e. The van der Waals surface area contributed by atoms with E-state index in [2.05, 4.69) is 29.2 Å². The molecule has 0 heterocycles. The molecule has 0 aliphatic heterocycles. The topological polar surface area (TPSA) is 20.3 Å². The number of carbonyl (C=O) groups excluding carboxylic acids is 1. The van der Waals surface area contributed by atoms with Crippen LogP contribution in [0.3, 0.4) is 0 Å². The lowest BCUT2D eigenvalue weighted by Gasteiger charge is -2.12. The van der Waals surface area contributed by atoms with Crippen molar-refractivity contribution in [3.63, 3.8) is 0 Å². The molecule has 2 nitrogen and oxygen atoms in total. The molecule has 0 aliphatic rings. The Hall–Kier alpha value is -0.960. The molecule has 0 N–H and O–H groups in total. The number of hydrogen-bond acceptors (Lipinski definition) is 3. The predicted octanol–water partition coefficient (Wildman–Crippen LogP) is 3.36. The number of rotatable bonds is 6.